The summed E-state index contributed by atoms with van der Waals surface area (Å²) in [5.41, 5.74) is 5.12. The van der Waals surface area contributed by atoms with Gasteiger partial charge >= 0.3 is 0 Å². The van der Waals surface area contributed by atoms with E-state index in [2.05, 4.69) is 24.8 Å². The molecule has 0 amide bonds. The number of nitrogens with two attached hydrogens (primary N) is 1. The molecular formula is C11H21N3O. The van der Waals surface area contributed by atoms with Crippen molar-refractivity contribution in [3.63, 3.8) is 0 Å². The fraction of sp³-hybridized carbons (Fsp3) is 0.909. The maximum atomic E-state index is 8.88. The van der Waals surface area contributed by atoms with Gasteiger partial charge in [0.05, 0.1) is 18.8 Å². The number of ether oxygens (including phenoxy) is 1. The quantitative estimate of drug-likeness (QED) is 0.747. The number of hydrogen-bond donors (Lipinski definition) is 1. The van der Waals surface area contributed by atoms with Crippen molar-refractivity contribution in [1.82, 2.24) is 4.90 Å². The predicted molar refractivity (Wildman–Crippen MR) is 59.3 cm³/mol. The molecule has 15 heavy (non-hydrogen) atoms. The van der Waals surface area contributed by atoms with Crippen molar-refractivity contribution < 1.29 is 4.74 Å². The van der Waals surface area contributed by atoms with E-state index in [-0.39, 0.29) is 6.10 Å². The van der Waals surface area contributed by atoms with E-state index >= 15 is 0 Å². The second-order valence-corrected chi connectivity index (χ2v) is 4.76. The molecule has 86 valence electrons. The first-order valence-electron chi connectivity index (χ1n) is 5.50. The summed E-state index contributed by atoms with van der Waals surface area (Å²) in [5, 5.41) is 8.88. The Morgan fingerprint density at radius 1 is 1.73 bits per heavy atom. The summed E-state index contributed by atoms with van der Waals surface area (Å²) >= 11 is 0. The first-order chi connectivity index (χ1) is 6.94. The second-order valence-electron chi connectivity index (χ2n) is 4.76. The van der Waals surface area contributed by atoms with Crippen LogP contribution in [0.3, 0.4) is 0 Å². The van der Waals surface area contributed by atoms with Crippen LogP contribution >= 0.6 is 0 Å². The highest BCUT2D eigenvalue weighted by Crippen LogP contribution is 2.16. The van der Waals surface area contributed by atoms with Gasteiger partial charge in [0.25, 0.3) is 0 Å². The van der Waals surface area contributed by atoms with Crippen LogP contribution in [0.5, 0.6) is 0 Å². The Balaban J connectivity index is 2.46. The van der Waals surface area contributed by atoms with Crippen LogP contribution in [0.25, 0.3) is 0 Å². The first kappa shape index (κ1) is 12.4. The third-order valence-electron chi connectivity index (χ3n) is 2.87. The van der Waals surface area contributed by atoms with Gasteiger partial charge in [-0.1, -0.05) is 0 Å². The van der Waals surface area contributed by atoms with Crippen molar-refractivity contribution in [2.45, 2.75) is 44.9 Å². The van der Waals surface area contributed by atoms with Gasteiger partial charge in [-0.05, 0) is 27.2 Å². The van der Waals surface area contributed by atoms with Crippen LogP contribution in [-0.4, -0.2) is 42.3 Å². The van der Waals surface area contributed by atoms with Crippen LogP contribution in [0, 0.1) is 11.3 Å². The molecule has 4 nitrogen and oxygen atoms in total. The maximum Gasteiger partial charge on any atom is 0.102 e. The summed E-state index contributed by atoms with van der Waals surface area (Å²) in [6.07, 6.45) is 0.989. The molecule has 4 heteroatoms. The summed E-state index contributed by atoms with van der Waals surface area (Å²) in [6, 6.07) is 2.48. The van der Waals surface area contributed by atoms with Crippen LogP contribution in [0.2, 0.25) is 0 Å². The van der Waals surface area contributed by atoms with Gasteiger partial charge in [0, 0.05) is 19.1 Å². The highest BCUT2D eigenvalue weighted by molar-refractivity contribution is 5.02. The summed E-state index contributed by atoms with van der Waals surface area (Å²) in [5.74, 6) is 0. The van der Waals surface area contributed by atoms with Gasteiger partial charge in [-0.2, -0.15) is 5.26 Å². The number of nitrogens with zero attached hydrogens (tertiary/aromatic N) is 2. The molecule has 0 radical (unpaired) electrons. The highest BCUT2D eigenvalue weighted by atomic mass is 16.5. The minimum Gasteiger partial charge on any atom is -0.376 e. The summed E-state index contributed by atoms with van der Waals surface area (Å²) in [6.45, 7) is 8.63. The van der Waals surface area contributed by atoms with Gasteiger partial charge in [0.15, 0.2) is 0 Å². The average molecular weight is 211 g/mol. The Labute approximate surface area is 92.0 Å². The number of rotatable bonds is 3. The van der Waals surface area contributed by atoms with E-state index in [9.17, 15) is 0 Å². The van der Waals surface area contributed by atoms with Crippen LogP contribution in [0.15, 0.2) is 0 Å². The molecule has 1 aliphatic rings. The number of morpholine rings is 1. The molecule has 0 aromatic heterocycles. The van der Waals surface area contributed by atoms with Gasteiger partial charge < -0.3 is 10.5 Å². The lowest BCUT2D eigenvalue weighted by atomic mass is 9.95. The molecule has 1 heterocycles. The van der Waals surface area contributed by atoms with Crippen molar-refractivity contribution in [1.29, 1.82) is 5.26 Å². The van der Waals surface area contributed by atoms with Crippen LogP contribution in [0.1, 0.15) is 27.2 Å². The van der Waals surface area contributed by atoms with Crippen molar-refractivity contribution in [3.8, 4) is 6.07 Å². The first-order valence-corrected chi connectivity index (χ1v) is 5.50. The summed E-state index contributed by atoms with van der Waals surface area (Å²) in [7, 11) is 0. The molecule has 1 fully saturated rings. The number of nitriles is 1. The molecular weight excluding hydrogens is 190 g/mol. The van der Waals surface area contributed by atoms with Gasteiger partial charge in [-0.15, -0.1) is 0 Å². The van der Waals surface area contributed by atoms with Crippen molar-refractivity contribution in [2.24, 2.45) is 5.73 Å². The summed E-state index contributed by atoms with van der Waals surface area (Å²) in [4.78, 5) is 2.34. The molecule has 0 aliphatic carbocycles. The Kier molecular flexibility index (Phi) is 4.09. The Hall–Kier alpha value is -0.630. The lowest BCUT2D eigenvalue weighted by Crippen LogP contribution is -2.49. The monoisotopic (exact) mass is 211 g/mol. The zero-order valence-corrected chi connectivity index (χ0v) is 9.86. The largest absolute Gasteiger partial charge is 0.376 e. The third kappa shape index (κ3) is 3.78. The maximum absolute atomic E-state index is 8.88. The number of hydrogen-bond acceptors (Lipinski definition) is 4. The van der Waals surface area contributed by atoms with Gasteiger partial charge in [0.2, 0.25) is 0 Å². The third-order valence-corrected chi connectivity index (χ3v) is 2.87. The predicted octanol–water partition coefficient (Wildman–Crippen LogP) is 0.727. The zero-order chi connectivity index (χ0) is 11.5. The van der Waals surface area contributed by atoms with E-state index < -0.39 is 5.54 Å². The van der Waals surface area contributed by atoms with Crippen molar-refractivity contribution in [3.05, 3.63) is 0 Å². The Morgan fingerprint density at radius 2 is 2.40 bits per heavy atom. The van der Waals surface area contributed by atoms with Gasteiger partial charge in [0.1, 0.15) is 5.54 Å². The molecule has 0 aromatic carbocycles. The van der Waals surface area contributed by atoms with Crippen molar-refractivity contribution >= 4 is 0 Å². The smallest absolute Gasteiger partial charge is 0.102 e. The van der Waals surface area contributed by atoms with Gasteiger partial charge in [-0.3, -0.25) is 4.90 Å². The fourth-order valence-electron chi connectivity index (χ4n) is 2.03. The normalized spacial score (nSPS) is 29.1. The second kappa shape index (κ2) is 4.93. The standard InChI is InChI=1S/C11H21N3O/c1-9(6-11(3,13)8-12)14-4-5-15-10(2)7-14/h9-10H,4-7,13H2,1-3H3. The van der Waals surface area contributed by atoms with Gasteiger partial charge in [-0.25, -0.2) is 0 Å². The molecule has 1 saturated heterocycles. The highest BCUT2D eigenvalue weighted by Gasteiger charge is 2.27. The molecule has 0 saturated carbocycles. The summed E-state index contributed by atoms with van der Waals surface area (Å²) < 4.78 is 5.48. The molecule has 2 N–H and O–H groups in total. The van der Waals surface area contributed by atoms with E-state index in [1.54, 1.807) is 6.92 Å². The molecule has 3 atom stereocenters. The van der Waals surface area contributed by atoms with Crippen LogP contribution in [0.4, 0.5) is 0 Å². The topological polar surface area (TPSA) is 62.3 Å². The lowest BCUT2D eigenvalue weighted by Gasteiger charge is -2.37. The molecule has 0 spiro atoms. The SMILES string of the molecule is CC1CN(C(C)CC(C)(N)C#N)CCO1. The van der Waals surface area contributed by atoms with E-state index in [0.29, 0.717) is 12.5 Å². The molecule has 3 unspecified atom stereocenters. The minimum atomic E-state index is -0.721. The Bertz CT molecular complexity index is 247. The average Bonchev–Trinajstić information content (AvgIpc) is 2.17. The van der Waals surface area contributed by atoms with E-state index in [1.807, 2.05) is 0 Å². The van der Waals surface area contributed by atoms with Crippen molar-refractivity contribution in [2.75, 3.05) is 19.7 Å². The van der Waals surface area contributed by atoms with Crippen LogP contribution in [-0.2, 0) is 4.74 Å². The van der Waals surface area contributed by atoms with E-state index in [4.69, 9.17) is 15.7 Å². The fourth-order valence-corrected chi connectivity index (χ4v) is 2.03. The van der Waals surface area contributed by atoms with Crippen LogP contribution < -0.4 is 5.73 Å². The Morgan fingerprint density at radius 3 is 2.93 bits per heavy atom. The molecule has 0 aromatic rings. The van der Waals surface area contributed by atoms with E-state index in [1.165, 1.54) is 0 Å². The molecule has 0 bridgehead atoms. The molecule has 1 aliphatic heterocycles. The zero-order valence-electron chi connectivity index (χ0n) is 9.86. The minimum absolute atomic E-state index is 0.285. The lowest BCUT2D eigenvalue weighted by molar-refractivity contribution is -0.0340. The van der Waals surface area contributed by atoms with E-state index in [0.717, 1.165) is 19.7 Å². The molecule has 1 rings (SSSR count).